The molecule has 114 valence electrons. The normalized spacial score (nSPS) is 12.1. The fourth-order valence-corrected chi connectivity index (χ4v) is 2.37. The molecule has 1 aromatic carbocycles. The van der Waals surface area contributed by atoms with Gasteiger partial charge in [0.2, 0.25) is 5.82 Å². The first-order valence-electron chi connectivity index (χ1n) is 5.49. The predicted octanol–water partition coefficient (Wildman–Crippen LogP) is 3.61. The van der Waals surface area contributed by atoms with Crippen molar-refractivity contribution in [3.8, 4) is 6.07 Å². The molecule has 0 saturated heterocycles. The van der Waals surface area contributed by atoms with E-state index in [-0.39, 0.29) is 26.6 Å². The van der Waals surface area contributed by atoms with Gasteiger partial charge in [-0.25, -0.2) is 0 Å². The Bertz CT molecular complexity index is 750. The predicted molar refractivity (Wildman–Crippen MR) is 75.5 cm³/mol. The molecule has 0 spiro atoms. The molecule has 0 fully saturated rings. The highest BCUT2D eigenvalue weighted by atomic mass is 79.9. The summed E-state index contributed by atoms with van der Waals surface area (Å²) in [7, 11) is 0. The third kappa shape index (κ3) is 3.55. The summed E-state index contributed by atoms with van der Waals surface area (Å²) in [4.78, 5) is 0. The lowest BCUT2D eigenvalue weighted by Gasteiger charge is -2.15. The summed E-state index contributed by atoms with van der Waals surface area (Å²) >= 11 is 8.79. The van der Waals surface area contributed by atoms with Gasteiger partial charge in [-0.3, -0.25) is 0 Å². The minimum atomic E-state index is -4.62. The van der Waals surface area contributed by atoms with Crippen molar-refractivity contribution in [2.75, 3.05) is 5.32 Å². The highest BCUT2D eigenvalue weighted by molar-refractivity contribution is 9.10. The van der Waals surface area contributed by atoms with Crippen LogP contribution < -0.4 is 5.32 Å². The number of halogens is 5. The monoisotopic (exact) mass is 392 g/mol. The number of aromatic amines is 1. The van der Waals surface area contributed by atoms with E-state index in [9.17, 15) is 13.2 Å². The smallest absolute Gasteiger partial charge is 0.359 e. The molecular weight excluding hydrogens is 389 g/mol. The van der Waals surface area contributed by atoms with Crippen molar-refractivity contribution in [2.45, 2.75) is 6.18 Å². The average Bonchev–Trinajstić information content (AvgIpc) is 2.94. The quantitative estimate of drug-likeness (QED) is 0.778. The fourth-order valence-electron chi connectivity index (χ4n) is 1.51. The van der Waals surface area contributed by atoms with Crippen LogP contribution in [0, 0.1) is 11.3 Å². The van der Waals surface area contributed by atoms with Crippen LogP contribution in [0.4, 0.5) is 18.9 Å². The van der Waals surface area contributed by atoms with Crippen LogP contribution in [0.15, 0.2) is 22.8 Å². The zero-order valence-corrected chi connectivity index (χ0v) is 12.8. The van der Waals surface area contributed by atoms with E-state index in [4.69, 9.17) is 16.9 Å². The van der Waals surface area contributed by atoms with Crippen LogP contribution in [-0.2, 0) is 6.18 Å². The van der Waals surface area contributed by atoms with Gasteiger partial charge in [0.05, 0.1) is 16.3 Å². The molecule has 11 heteroatoms. The van der Waals surface area contributed by atoms with Crippen molar-refractivity contribution in [1.29, 1.82) is 5.26 Å². The van der Waals surface area contributed by atoms with E-state index in [1.807, 2.05) is 0 Å². The topological polar surface area (TPSA) is 90.3 Å². The molecule has 6 nitrogen and oxygen atoms in total. The van der Waals surface area contributed by atoms with Crippen LogP contribution in [0.1, 0.15) is 11.4 Å². The van der Waals surface area contributed by atoms with Crippen molar-refractivity contribution in [3.05, 3.63) is 39.2 Å². The van der Waals surface area contributed by atoms with Crippen LogP contribution in [-0.4, -0.2) is 20.6 Å². The first-order chi connectivity index (χ1) is 10.3. The van der Waals surface area contributed by atoms with E-state index in [0.29, 0.717) is 0 Å². The highest BCUT2D eigenvalue weighted by Crippen LogP contribution is 2.40. The molecule has 2 rings (SSSR count). The summed E-state index contributed by atoms with van der Waals surface area (Å²) in [5.41, 5.74) is -1.47. The van der Waals surface area contributed by atoms with Gasteiger partial charge in [0.1, 0.15) is 11.6 Å². The molecule has 0 saturated carbocycles. The second-order valence-corrected chi connectivity index (χ2v) is 5.18. The lowest BCUT2D eigenvalue weighted by molar-refractivity contribution is -0.137. The molecule has 0 aliphatic rings. The molecule has 0 unspecified atom stereocenters. The summed E-state index contributed by atoms with van der Waals surface area (Å²) in [6, 6.07) is 3.92. The number of anilines is 1. The Morgan fingerprint density at radius 2 is 2.18 bits per heavy atom. The van der Waals surface area contributed by atoms with E-state index < -0.39 is 11.7 Å². The zero-order valence-electron chi connectivity index (χ0n) is 10.4. The largest absolute Gasteiger partial charge is 0.418 e. The SMILES string of the molecule is N#CC(=CNc1c(Cl)cc(Br)cc1C(F)(F)F)c1nn[nH]n1. The number of benzene rings is 1. The third-order valence-electron chi connectivity index (χ3n) is 2.43. The van der Waals surface area contributed by atoms with Crippen molar-refractivity contribution >= 4 is 38.8 Å². The number of tetrazole rings is 1. The molecule has 0 radical (unpaired) electrons. The zero-order chi connectivity index (χ0) is 16.3. The van der Waals surface area contributed by atoms with E-state index >= 15 is 0 Å². The van der Waals surface area contributed by atoms with Crippen molar-refractivity contribution in [1.82, 2.24) is 20.6 Å². The van der Waals surface area contributed by atoms with E-state index in [2.05, 4.69) is 41.9 Å². The Balaban J connectivity index is 2.44. The summed E-state index contributed by atoms with van der Waals surface area (Å²) in [5.74, 6) is -0.0585. The Morgan fingerprint density at radius 3 is 2.73 bits per heavy atom. The second kappa shape index (κ2) is 6.33. The van der Waals surface area contributed by atoms with Gasteiger partial charge in [-0.05, 0) is 17.3 Å². The van der Waals surface area contributed by atoms with Gasteiger partial charge in [-0.15, -0.1) is 10.2 Å². The maximum absolute atomic E-state index is 13.0. The Hall–Kier alpha value is -2.12. The molecule has 1 heterocycles. The molecule has 2 aromatic rings. The number of hydrogen-bond acceptors (Lipinski definition) is 5. The second-order valence-electron chi connectivity index (χ2n) is 3.86. The van der Waals surface area contributed by atoms with E-state index in [0.717, 1.165) is 12.3 Å². The van der Waals surface area contributed by atoms with Gasteiger partial charge in [0.15, 0.2) is 0 Å². The number of H-pyrrole nitrogens is 1. The average molecular weight is 394 g/mol. The van der Waals surface area contributed by atoms with Crippen LogP contribution in [0.2, 0.25) is 5.02 Å². The summed E-state index contributed by atoms with van der Waals surface area (Å²) in [6.07, 6.45) is -3.60. The Kier molecular flexibility index (Phi) is 4.68. The lowest BCUT2D eigenvalue weighted by Crippen LogP contribution is -2.09. The standard InChI is InChI=1S/C11H5BrClF3N6/c12-6-1-7(11(14,15)16)9(8(13)2-6)18-4-5(3-17)10-19-21-22-20-10/h1-2,4,18H,(H,19,20,21,22). The van der Waals surface area contributed by atoms with Gasteiger partial charge < -0.3 is 5.32 Å². The Morgan fingerprint density at radius 1 is 1.45 bits per heavy atom. The van der Waals surface area contributed by atoms with Gasteiger partial charge in [-0.1, -0.05) is 27.5 Å². The van der Waals surface area contributed by atoms with Crippen LogP contribution in [0.3, 0.4) is 0 Å². The van der Waals surface area contributed by atoms with Crippen molar-refractivity contribution in [3.63, 3.8) is 0 Å². The number of alkyl halides is 3. The molecule has 22 heavy (non-hydrogen) atoms. The van der Waals surface area contributed by atoms with E-state index in [1.165, 1.54) is 6.07 Å². The molecule has 1 aromatic heterocycles. The molecular formula is C11H5BrClF3N6. The lowest BCUT2D eigenvalue weighted by atomic mass is 10.1. The molecule has 0 atom stereocenters. The fraction of sp³-hybridized carbons (Fsp3) is 0.0909. The number of aromatic nitrogens is 4. The maximum Gasteiger partial charge on any atom is 0.418 e. The number of hydrogen-bond donors (Lipinski definition) is 2. The summed E-state index contributed by atoms with van der Waals surface area (Å²) < 4.78 is 39.3. The number of rotatable bonds is 3. The molecule has 0 aliphatic carbocycles. The van der Waals surface area contributed by atoms with Gasteiger partial charge in [0.25, 0.3) is 0 Å². The summed E-state index contributed by atoms with van der Waals surface area (Å²) in [6.45, 7) is 0. The van der Waals surface area contributed by atoms with Crippen LogP contribution >= 0.6 is 27.5 Å². The first-order valence-corrected chi connectivity index (χ1v) is 6.67. The van der Waals surface area contributed by atoms with Gasteiger partial charge in [-0.2, -0.15) is 23.6 Å². The first kappa shape index (κ1) is 16.3. The van der Waals surface area contributed by atoms with Crippen LogP contribution in [0.25, 0.3) is 5.57 Å². The molecule has 0 aliphatic heterocycles. The van der Waals surface area contributed by atoms with Crippen LogP contribution in [0.5, 0.6) is 0 Å². The van der Waals surface area contributed by atoms with Crippen molar-refractivity contribution in [2.24, 2.45) is 0 Å². The van der Waals surface area contributed by atoms with E-state index in [1.54, 1.807) is 6.07 Å². The minimum absolute atomic E-state index is 0.0585. The number of nitrogens with one attached hydrogen (secondary N) is 2. The molecule has 0 bridgehead atoms. The highest BCUT2D eigenvalue weighted by Gasteiger charge is 2.34. The Labute approximate surface area is 135 Å². The number of nitriles is 1. The number of nitrogens with zero attached hydrogens (tertiary/aromatic N) is 4. The summed E-state index contributed by atoms with van der Waals surface area (Å²) in [5, 5.41) is 23.7. The molecule has 2 N–H and O–H groups in total. The van der Waals surface area contributed by atoms with Gasteiger partial charge in [0, 0.05) is 10.7 Å². The van der Waals surface area contributed by atoms with Crippen molar-refractivity contribution < 1.29 is 13.2 Å². The maximum atomic E-state index is 13.0. The number of allylic oxidation sites excluding steroid dienone is 1. The third-order valence-corrected chi connectivity index (χ3v) is 3.18. The molecule has 0 amide bonds. The minimum Gasteiger partial charge on any atom is -0.359 e. The van der Waals surface area contributed by atoms with Gasteiger partial charge >= 0.3 is 6.18 Å².